The monoisotopic (exact) mass is 380 g/mol. The van der Waals surface area contributed by atoms with E-state index in [0.717, 1.165) is 0 Å². The van der Waals surface area contributed by atoms with Gasteiger partial charge in [-0.25, -0.2) is 8.42 Å². The van der Waals surface area contributed by atoms with Gasteiger partial charge in [0.15, 0.2) is 15.8 Å². The van der Waals surface area contributed by atoms with Crippen LogP contribution in [0.15, 0.2) is 29.3 Å². The van der Waals surface area contributed by atoms with Gasteiger partial charge in [0.25, 0.3) is 0 Å². The van der Waals surface area contributed by atoms with E-state index in [1.807, 2.05) is 11.9 Å². The Balaban J connectivity index is 1.74. The third-order valence-electron chi connectivity index (χ3n) is 4.35. The highest BCUT2D eigenvalue weighted by Gasteiger charge is 2.28. The van der Waals surface area contributed by atoms with Gasteiger partial charge in [-0.15, -0.1) is 0 Å². The Hall–Kier alpha value is -2.09. The number of aliphatic imine (C=N–C) groups is 1. The number of aryl methyl sites for hydroxylation is 1. The smallest absolute Gasteiger partial charge is 0.222 e. The van der Waals surface area contributed by atoms with Crippen molar-refractivity contribution in [1.29, 1.82) is 0 Å². The van der Waals surface area contributed by atoms with Crippen LogP contribution in [0.1, 0.15) is 24.0 Å². The lowest BCUT2D eigenvalue weighted by Crippen LogP contribution is -2.41. The molecule has 8 heteroatoms. The van der Waals surface area contributed by atoms with E-state index in [-0.39, 0.29) is 29.9 Å². The molecule has 0 saturated carbocycles. The molecule has 1 saturated heterocycles. The first-order chi connectivity index (χ1) is 12.3. The van der Waals surface area contributed by atoms with Gasteiger partial charge in [-0.1, -0.05) is 29.8 Å². The standard InChI is InChI=1S/C18H28N4O3S/c1-14-4-6-15(7-5-14)12-22(3)18(19-2)20-10-8-17(23)21-16-9-11-26(24,25)13-16/h4-7,16H,8-13H2,1-3H3,(H,19,20)(H,21,23). The summed E-state index contributed by atoms with van der Waals surface area (Å²) in [5, 5.41) is 5.96. The molecule has 26 heavy (non-hydrogen) atoms. The average Bonchev–Trinajstić information content (AvgIpc) is 2.92. The quantitative estimate of drug-likeness (QED) is 0.560. The normalized spacial score (nSPS) is 19.2. The highest BCUT2D eigenvalue weighted by Crippen LogP contribution is 2.11. The SMILES string of the molecule is CN=C(NCCC(=O)NC1CCS(=O)(=O)C1)N(C)Cc1ccc(C)cc1. The fourth-order valence-corrected chi connectivity index (χ4v) is 4.60. The zero-order chi connectivity index (χ0) is 19.2. The van der Waals surface area contributed by atoms with Crippen LogP contribution in [-0.2, 0) is 21.2 Å². The Morgan fingerprint density at radius 3 is 2.58 bits per heavy atom. The molecule has 1 amide bonds. The van der Waals surface area contributed by atoms with Crippen molar-refractivity contribution in [1.82, 2.24) is 15.5 Å². The fourth-order valence-electron chi connectivity index (χ4n) is 2.92. The summed E-state index contributed by atoms with van der Waals surface area (Å²) in [6.45, 7) is 3.21. The maximum Gasteiger partial charge on any atom is 0.222 e. The van der Waals surface area contributed by atoms with Crippen molar-refractivity contribution in [2.45, 2.75) is 32.4 Å². The molecular formula is C18H28N4O3S. The minimum absolute atomic E-state index is 0.0487. The number of sulfone groups is 1. The van der Waals surface area contributed by atoms with Crippen molar-refractivity contribution in [3.63, 3.8) is 0 Å². The van der Waals surface area contributed by atoms with Gasteiger partial charge in [-0.05, 0) is 18.9 Å². The lowest BCUT2D eigenvalue weighted by Gasteiger charge is -2.22. The molecule has 144 valence electrons. The minimum atomic E-state index is -2.98. The summed E-state index contributed by atoms with van der Waals surface area (Å²) in [7, 11) is 0.670. The van der Waals surface area contributed by atoms with Gasteiger partial charge in [0.1, 0.15) is 0 Å². The number of guanidine groups is 1. The highest BCUT2D eigenvalue weighted by molar-refractivity contribution is 7.91. The van der Waals surface area contributed by atoms with Crippen LogP contribution in [-0.4, -0.2) is 63.4 Å². The number of nitrogens with zero attached hydrogens (tertiary/aromatic N) is 2. The predicted octanol–water partition coefficient (Wildman–Crippen LogP) is 0.696. The van der Waals surface area contributed by atoms with Gasteiger partial charge in [0, 0.05) is 39.6 Å². The Morgan fingerprint density at radius 2 is 2.00 bits per heavy atom. The van der Waals surface area contributed by atoms with Crippen LogP contribution in [0.3, 0.4) is 0 Å². The molecule has 1 fully saturated rings. The number of carbonyl (C=O) groups is 1. The molecule has 1 aliphatic rings. The molecule has 0 radical (unpaired) electrons. The Labute approximate surface area is 155 Å². The number of hydrogen-bond acceptors (Lipinski definition) is 4. The summed E-state index contributed by atoms with van der Waals surface area (Å²) in [6.07, 6.45) is 0.774. The average molecular weight is 381 g/mol. The summed E-state index contributed by atoms with van der Waals surface area (Å²) in [6, 6.07) is 8.07. The summed E-state index contributed by atoms with van der Waals surface area (Å²) in [4.78, 5) is 18.2. The molecule has 1 aromatic rings. The summed E-state index contributed by atoms with van der Waals surface area (Å²) in [5.41, 5.74) is 2.40. The van der Waals surface area contributed by atoms with Crippen LogP contribution in [0.5, 0.6) is 0 Å². The number of carbonyl (C=O) groups excluding carboxylic acids is 1. The van der Waals surface area contributed by atoms with Crippen molar-refractivity contribution >= 4 is 21.7 Å². The van der Waals surface area contributed by atoms with Gasteiger partial charge >= 0.3 is 0 Å². The van der Waals surface area contributed by atoms with E-state index in [4.69, 9.17) is 0 Å². The largest absolute Gasteiger partial charge is 0.356 e. The van der Waals surface area contributed by atoms with Crippen LogP contribution in [0.2, 0.25) is 0 Å². The van der Waals surface area contributed by atoms with Crippen molar-refractivity contribution in [2.75, 3.05) is 32.1 Å². The van der Waals surface area contributed by atoms with Gasteiger partial charge in [0.2, 0.25) is 5.91 Å². The second kappa shape index (κ2) is 9.02. The second-order valence-electron chi connectivity index (χ2n) is 6.73. The molecule has 1 aromatic carbocycles. The first-order valence-corrected chi connectivity index (χ1v) is 10.6. The lowest BCUT2D eigenvalue weighted by atomic mass is 10.1. The molecule has 0 aliphatic carbocycles. The van der Waals surface area contributed by atoms with E-state index in [0.29, 0.717) is 25.5 Å². The van der Waals surface area contributed by atoms with E-state index >= 15 is 0 Å². The van der Waals surface area contributed by atoms with E-state index in [1.165, 1.54) is 11.1 Å². The molecular weight excluding hydrogens is 352 g/mol. The van der Waals surface area contributed by atoms with Crippen molar-refractivity contribution in [2.24, 2.45) is 4.99 Å². The molecule has 1 atom stereocenters. The number of hydrogen-bond donors (Lipinski definition) is 2. The fraction of sp³-hybridized carbons (Fsp3) is 0.556. The molecule has 1 aliphatic heterocycles. The molecule has 0 bridgehead atoms. The molecule has 1 unspecified atom stereocenters. The molecule has 7 nitrogen and oxygen atoms in total. The minimum Gasteiger partial charge on any atom is -0.356 e. The van der Waals surface area contributed by atoms with E-state index in [1.54, 1.807) is 7.05 Å². The van der Waals surface area contributed by atoms with Crippen LogP contribution >= 0.6 is 0 Å². The molecule has 0 aromatic heterocycles. The lowest BCUT2D eigenvalue weighted by molar-refractivity contribution is -0.121. The van der Waals surface area contributed by atoms with Crippen LogP contribution in [0.25, 0.3) is 0 Å². The van der Waals surface area contributed by atoms with Crippen molar-refractivity contribution in [3.8, 4) is 0 Å². The van der Waals surface area contributed by atoms with Gasteiger partial charge in [-0.2, -0.15) is 0 Å². The highest BCUT2D eigenvalue weighted by atomic mass is 32.2. The third kappa shape index (κ3) is 6.33. The Kier molecular flexibility index (Phi) is 7.02. The third-order valence-corrected chi connectivity index (χ3v) is 6.11. The predicted molar refractivity (Wildman–Crippen MR) is 104 cm³/mol. The molecule has 1 heterocycles. The maximum atomic E-state index is 12.0. The van der Waals surface area contributed by atoms with Crippen LogP contribution in [0, 0.1) is 6.92 Å². The Bertz CT molecular complexity index is 744. The van der Waals surface area contributed by atoms with E-state index in [9.17, 15) is 13.2 Å². The van der Waals surface area contributed by atoms with E-state index < -0.39 is 9.84 Å². The topological polar surface area (TPSA) is 90.9 Å². The first kappa shape index (κ1) is 20.2. The van der Waals surface area contributed by atoms with Crippen LogP contribution in [0.4, 0.5) is 0 Å². The van der Waals surface area contributed by atoms with Gasteiger partial charge < -0.3 is 15.5 Å². The summed E-state index contributed by atoms with van der Waals surface area (Å²) >= 11 is 0. The summed E-state index contributed by atoms with van der Waals surface area (Å²) in [5.74, 6) is 0.776. The maximum absolute atomic E-state index is 12.0. The van der Waals surface area contributed by atoms with Gasteiger partial charge in [0.05, 0.1) is 11.5 Å². The number of nitrogens with one attached hydrogen (secondary N) is 2. The van der Waals surface area contributed by atoms with Crippen molar-refractivity contribution in [3.05, 3.63) is 35.4 Å². The number of amides is 1. The zero-order valence-corrected chi connectivity index (χ0v) is 16.5. The molecule has 2 N–H and O–H groups in total. The first-order valence-electron chi connectivity index (χ1n) is 8.76. The van der Waals surface area contributed by atoms with Gasteiger partial charge in [-0.3, -0.25) is 9.79 Å². The Morgan fingerprint density at radius 1 is 1.31 bits per heavy atom. The van der Waals surface area contributed by atoms with Crippen LogP contribution < -0.4 is 10.6 Å². The molecule has 0 spiro atoms. The summed E-state index contributed by atoms with van der Waals surface area (Å²) < 4.78 is 22.8. The number of rotatable bonds is 6. The second-order valence-corrected chi connectivity index (χ2v) is 8.96. The zero-order valence-electron chi connectivity index (χ0n) is 15.7. The molecule has 2 rings (SSSR count). The van der Waals surface area contributed by atoms with Crippen molar-refractivity contribution < 1.29 is 13.2 Å². The van der Waals surface area contributed by atoms with E-state index in [2.05, 4.69) is 46.8 Å². The number of benzene rings is 1.